The van der Waals surface area contributed by atoms with Crippen molar-refractivity contribution in [3.05, 3.63) is 58.1 Å². The highest BCUT2D eigenvalue weighted by Gasteiger charge is 2.17. The van der Waals surface area contributed by atoms with Crippen LogP contribution in [0.5, 0.6) is 5.75 Å². The molecule has 154 valence electrons. The van der Waals surface area contributed by atoms with Gasteiger partial charge in [0.15, 0.2) is 0 Å². The topological polar surface area (TPSA) is 67.4 Å². The van der Waals surface area contributed by atoms with Gasteiger partial charge in [0.25, 0.3) is 0 Å². The normalized spacial score (nSPS) is 13.9. The summed E-state index contributed by atoms with van der Waals surface area (Å²) in [6, 6.07) is 10.2. The number of ether oxygens (including phenoxy) is 1. The number of fused-ring (bicyclic) bond motifs is 1. The highest BCUT2D eigenvalue weighted by atomic mass is 35.5. The van der Waals surface area contributed by atoms with Gasteiger partial charge in [-0.25, -0.2) is 17.5 Å². The number of halogens is 3. The summed E-state index contributed by atoms with van der Waals surface area (Å²) in [6.45, 7) is 1.10. The second-order valence-corrected chi connectivity index (χ2v) is 8.46. The lowest BCUT2D eigenvalue weighted by Crippen LogP contribution is -2.25. The van der Waals surface area contributed by atoms with Crippen molar-refractivity contribution < 1.29 is 17.5 Å². The molecule has 1 aliphatic heterocycles. The predicted octanol–water partition coefficient (Wildman–Crippen LogP) is 3.28. The Hall–Kier alpha value is -1.38. The smallest absolute Gasteiger partial charge is 0.240 e. The average molecular weight is 449 g/mol. The first-order valence-electron chi connectivity index (χ1n) is 8.79. The van der Waals surface area contributed by atoms with E-state index in [1.54, 1.807) is 12.1 Å². The fourth-order valence-corrected chi connectivity index (χ4v) is 4.28. The van der Waals surface area contributed by atoms with Gasteiger partial charge in [-0.1, -0.05) is 29.8 Å². The summed E-state index contributed by atoms with van der Waals surface area (Å²) in [5.74, 6) is 0.694. The molecule has 0 radical (unpaired) electrons. The van der Waals surface area contributed by atoms with E-state index >= 15 is 0 Å². The van der Waals surface area contributed by atoms with E-state index in [0.717, 1.165) is 37.1 Å². The summed E-state index contributed by atoms with van der Waals surface area (Å²) in [4.78, 5) is 0.0948. The molecule has 3 rings (SSSR count). The van der Waals surface area contributed by atoms with Crippen LogP contribution >= 0.6 is 24.0 Å². The quantitative estimate of drug-likeness (QED) is 0.681. The molecule has 0 unspecified atom stereocenters. The molecule has 0 saturated heterocycles. The van der Waals surface area contributed by atoms with Crippen molar-refractivity contribution in [1.29, 1.82) is 0 Å². The highest BCUT2D eigenvalue weighted by Crippen LogP contribution is 2.33. The molecule has 2 aromatic rings. The van der Waals surface area contributed by atoms with Crippen LogP contribution in [0.4, 0.5) is 4.39 Å². The van der Waals surface area contributed by atoms with Crippen molar-refractivity contribution in [1.82, 2.24) is 10.0 Å². The van der Waals surface area contributed by atoms with E-state index in [1.165, 1.54) is 17.7 Å². The number of nitrogens with one attached hydrogen (secondary N) is 2. The summed E-state index contributed by atoms with van der Waals surface area (Å²) < 4.78 is 44.3. The third-order valence-electron chi connectivity index (χ3n) is 4.44. The fourth-order valence-electron chi connectivity index (χ4n) is 3.04. The van der Waals surface area contributed by atoms with Gasteiger partial charge in [0.1, 0.15) is 19.0 Å². The first kappa shape index (κ1) is 22.9. The van der Waals surface area contributed by atoms with Gasteiger partial charge in [0.2, 0.25) is 10.0 Å². The molecule has 2 N–H and O–H groups in total. The number of hydrogen-bond donors (Lipinski definition) is 2. The summed E-state index contributed by atoms with van der Waals surface area (Å²) in [6.07, 6.45) is 1.78. The van der Waals surface area contributed by atoms with Gasteiger partial charge >= 0.3 is 0 Å². The van der Waals surface area contributed by atoms with Crippen LogP contribution in [0, 0.1) is 0 Å². The van der Waals surface area contributed by atoms with Crippen molar-refractivity contribution in [2.24, 2.45) is 0 Å². The molecule has 0 amide bonds. The lowest BCUT2D eigenvalue weighted by molar-refractivity contribution is 0.303. The van der Waals surface area contributed by atoms with E-state index in [-0.39, 0.29) is 30.5 Å². The molecule has 2 aromatic carbocycles. The minimum absolute atomic E-state index is 0. The Labute approximate surface area is 176 Å². The van der Waals surface area contributed by atoms with Gasteiger partial charge in [0.05, 0.1) is 9.92 Å². The third-order valence-corrected chi connectivity index (χ3v) is 6.21. The monoisotopic (exact) mass is 448 g/mol. The van der Waals surface area contributed by atoms with Crippen molar-refractivity contribution in [2.45, 2.75) is 24.3 Å². The number of benzene rings is 2. The molecule has 9 heteroatoms. The molecule has 1 heterocycles. The van der Waals surface area contributed by atoms with Crippen LogP contribution in [0.1, 0.15) is 16.7 Å². The Kier molecular flexibility index (Phi) is 8.52. The minimum atomic E-state index is -3.69. The molecule has 0 fully saturated rings. The zero-order chi connectivity index (χ0) is 19.3. The molecule has 0 bridgehead atoms. The fraction of sp³-hybridized carbons (Fsp3) is 0.368. The van der Waals surface area contributed by atoms with Crippen molar-refractivity contribution in [3.8, 4) is 5.75 Å². The predicted molar refractivity (Wildman–Crippen MR) is 111 cm³/mol. The van der Waals surface area contributed by atoms with E-state index < -0.39 is 16.7 Å². The zero-order valence-corrected chi connectivity index (χ0v) is 17.6. The lowest BCUT2D eigenvalue weighted by Gasteiger charge is -2.15. The molecule has 0 aromatic heterocycles. The van der Waals surface area contributed by atoms with Crippen LogP contribution in [0.15, 0.2) is 41.3 Å². The van der Waals surface area contributed by atoms with Crippen LogP contribution in [0.2, 0.25) is 5.02 Å². The molecular weight excluding hydrogens is 426 g/mol. The van der Waals surface area contributed by atoms with Crippen molar-refractivity contribution >= 4 is 34.0 Å². The maximum Gasteiger partial charge on any atom is 0.240 e. The first-order chi connectivity index (χ1) is 13.0. The number of sulfonamides is 1. The largest absolute Gasteiger partial charge is 0.487 e. The van der Waals surface area contributed by atoms with Crippen LogP contribution in [0.3, 0.4) is 0 Å². The lowest BCUT2D eigenvalue weighted by atomic mass is 10.0. The summed E-state index contributed by atoms with van der Waals surface area (Å²) in [5.41, 5.74) is 3.18. The highest BCUT2D eigenvalue weighted by molar-refractivity contribution is 7.89. The Bertz CT molecular complexity index is 893. The molecule has 28 heavy (non-hydrogen) atoms. The number of hydrogen-bond acceptors (Lipinski definition) is 4. The standard InChI is InChI=1S/C19H22ClFN2O3S.ClH/c20-18-6-3-15-7-10-22-11-8-17(15)19(18)26-13-14-1-4-16(5-2-14)27(24,25)23-12-9-21;/h1-6,22-23H,7-13H2;1H. The van der Waals surface area contributed by atoms with E-state index in [2.05, 4.69) is 10.0 Å². The second-order valence-electron chi connectivity index (χ2n) is 6.28. The minimum Gasteiger partial charge on any atom is -0.487 e. The van der Waals surface area contributed by atoms with Crippen LogP contribution < -0.4 is 14.8 Å². The molecule has 1 aliphatic rings. The summed E-state index contributed by atoms with van der Waals surface area (Å²) in [5, 5.41) is 3.94. The Morgan fingerprint density at radius 1 is 1.11 bits per heavy atom. The molecule has 0 atom stereocenters. The number of alkyl halides is 1. The van der Waals surface area contributed by atoms with Crippen molar-refractivity contribution in [2.75, 3.05) is 26.3 Å². The van der Waals surface area contributed by atoms with E-state index in [1.807, 2.05) is 12.1 Å². The van der Waals surface area contributed by atoms with Gasteiger partial charge in [-0.3, -0.25) is 0 Å². The molecular formula is C19H23Cl2FN2O3S. The zero-order valence-electron chi connectivity index (χ0n) is 15.2. The van der Waals surface area contributed by atoms with Crippen LogP contribution in [-0.4, -0.2) is 34.7 Å². The van der Waals surface area contributed by atoms with E-state index in [4.69, 9.17) is 16.3 Å². The summed E-state index contributed by atoms with van der Waals surface area (Å²) in [7, 11) is -3.69. The van der Waals surface area contributed by atoms with E-state index in [9.17, 15) is 12.8 Å². The first-order valence-corrected chi connectivity index (χ1v) is 10.7. The molecule has 0 spiro atoms. The van der Waals surface area contributed by atoms with Gasteiger partial charge in [-0.15, -0.1) is 12.4 Å². The Balaban J connectivity index is 0.00000280. The van der Waals surface area contributed by atoms with Gasteiger partial charge in [-0.05, 0) is 55.3 Å². The maximum absolute atomic E-state index is 12.2. The molecule has 0 aliphatic carbocycles. The van der Waals surface area contributed by atoms with Crippen LogP contribution in [0.25, 0.3) is 0 Å². The maximum atomic E-state index is 12.2. The Morgan fingerprint density at radius 3 is 2.54 bits per heavy atom. The van der Waals surface area contributed by atoms with Gasteiger partial charge < -0.3 is 10.1 Å². The third kappa shape index (κ3) is 5.58. The Morgan fingerprint density at radius 2 is 1.82 bits per heavy atom. The van der Waals surface area contributed by atoms with Gasteiger partial charge in [-0.2, -0.15) is 0 Å². The van der Waals surface area contributed by atoms with Crippen molar-refractivity contribution in [3.63, 3.8) is 0 Å². The van der Waals surface area contributed by atoms with E-state index in [0.29, 0.717) is 10.8 Å². The average Bonchev–Trinajstić information content (AvgIpc) is 2.91. The SMILES string of the molecule is Cl.O=S(=O)(NCCF)c1ccc(COc2c(Cl)ccc3c2CCNCC3)cc1. The van der Waals surface area contributed by atoms with Crippen LogP contribution in [-0.2, 0) is 29.5 Å². The number of rotatable bonds is 7. The molecule has 5 nitrogen and oxygen atoms in total. The summed E-state index contributed by atoms with van der Waals surface area (Å²) >= 11 is 6.35. The van der Waals surface area contributed by atoms with Gasteiger partial charge in [0, 0.05) is 12.1 Å². The molecule has 0 saturated carbocycles. The second kappa shape index (κ2) is 10.4.